The van der Waals surface area contributed by atoms with Gasteiger partial charge in [-0.25, -0.2) is 0 Å². The predicted octanol–water partition coefficient (Wildman–Crippen LogP) is 3.37. The molecule has 132 valence electrons. The summed E-state index contributed by atoms with van der Waals surface area (Å²) in [6, 6.07) is 19.3. The van der Waals surface area contributed by atoms with Gasteiger partial charge in [-0.2, -0.15) is 0 Å². The van der Waals surface area contributed by atoms with Crippen LogP contribution in [0.25, 0.3) is 10.9 Å². The first-order valence-electron chi connectivity index (χ1n) is 9.44. The highest BCUT2D eigenvalue weighted by Crippen LogP contribution is 2.27. The number of amides is 1. The summed E-state index contributed by atoms with van der Waals surface area (Å²) in [5.41, 5.74) is 4.95. The van der Waals surface area contributed by atoms with Gasteiger partial charge in [-0.3, -0.25) is 9.69 Å². The first-order chi connectivity index (χ1) is 12.8. The molecule has 1 aliphatic heterocycles. The summed E-state index contributed by atoms with van der Waals surface area (Å²) in [5.74, 6) is 0.179. The van der Waals surface area contributed by atoms with Crippen LogP contribution in [0.15, 0.2) is 54.6 Å². The quantitative estimate of drug-likeness (QED) is 0.762. The molecule has 2 N–H and O–H groups in total. The number of nitrogens with one attached hydrogen (secondary N) is 2. The third-order valence-electron chi connectivity index (χ3n) is 5.53. The Balaban J connectivity index is 1.43. The zero-order valence-corrected chi connectivity index (χ0v) is 14.7. The van der Waals surface area contributed by atoms with Crippen molar-refractivity contribution in [3.63, 3.8) is 0 Å². The number of fused-ring (bicyclic) bond motifs is 2. The van der Waals surface area contributed by atoms with Gasteiger partial charge in [0.15, 0.2) is 0 Å². The maximum absolute atomic E-state index is 12.9. The van der Waals surface area contributed by atoms with E-state index in [2.05, 4.69) is 63.7 Å². The molecule has 4 nitrogen and oxygen atoms in total. The molecule has 1 saturated carbocycles. The monoisotopic (exact) mass is 345 g/mol. The molecule has 0 bridgehead atoms. The van der Waals surface area contributed by atoms with Crippen LogP contribution in [0.4, 0.5) is 0 Å². The third-order valence-corrected chi connectivity index (χ3v) is 5.53. The lowest BCUT2D eigenvalue weighted by molar-refractivity contribution is -0.127. The van der Waals surface area contributed by atoms with E-state index in [4.69, 9.17) is 0 Å². The number of carbonyl (C=O) groups excluding carboxylic acids is 1. The second-order valence-electron chi connectivity index (χ2n) is 7.56. The maximum atomic E-state index is 12.9. The van der Waals surface area contributed by atoms with E-state index in [1.165, 1.54) is 16.5 Å². The molecular formula is C22H23N3O. The lowest BCUT2D eigenvalue weighted by Crippen LogP contribution is -2.50. The van der Waals surface area contributed by atoms with E-state index in [1.54, 1.807) is 0 Å². The fourth-order valence-electron chi connectivity index (χ4n) is 3.96. The van der Waals surface area contributed by atoms with Crippen LogP contribution < -0.4 is 5.32 Å². The van der Waals surface area contributed by atoms with Crippen LogP contribution in [0.2, 0.25) is 0 Å². The van der Waals surface area contributed by atoms with Gasteiger partial charge in [-0.1, -0.05) is 42.5 Å². The van der Waals surface area contributed by atoms with Gasteiger partial charge >= 0.3 is 0 Å². The molecule has 1 amide bonds. The van der Waals surface area contributed by atoms with Gasteiger partial charge < -0.3 is 10.3 Å². The number of nitrogens with zero attached hydrogens (tertiary/aromatic N) is 1. The van der Waals surface area contributed by atoms with Crippen molar-refractivity contribution in [2.45, 2.75) is 44.4 Å². The van der Waals surface area contributed by atoms with Crippen LogP contribution in [0.1, 0.15) is 29.7 Å². The van der Waals surface area contributed by atoms with Crippen LogP contribution in [0.5, 0.6) is 0 Å². The van der Waals surface area contributed by atoms with E-state index in [0.717, 1.165) is 43.6 Å². The Kier molecular flexibility index (Phi) is 3.79. The number of hydrogen-bond acceptors (Lipinski definition) is 2. The zero-order valence-electron chi connectivity index (χ0n) is 14.7. The Hall–Kier alpha value is -2.59. The number of hydrogen-bond donors (Lipinski definition) is 2. The van der Waals surface area contributed by atoms with E-state index < -0.39 is 0 Å². The van der Waals surface area contributed by atoms with Crippen LogP contribution in [-0.2, 0) is 24.3 Å². The highest BCUT2D eigenvalue weighted by molar-refractivity contribution is 5.83. The Labute approximate surface area is 153 Å². The van der Waals surface area contributed by atoms with Crippen molar-refractivity contribution in [2.75, 3.05) is 0 Å². The molecule has 1 fully saturated rings. The molecule has 0 unspecified atom stereocenters. The normalized spacial score (nSPS) is 20.1. The zero-order chi connectivity index (χ0) is 17.5. The van der Waals surface area contributed by atoms with E-state index in [1.807, 2.05) is 6.07 Å². The molecule has 3 aromatic rings. The minimum atomic E-state index is -0.100. The highest BCUT2D eigenvalue weighted by Gasteiger charge is 2.34. The molecule has 0 radical (unpaired) electrons. The first-order valence-corrected chi connectivity index (χ1v) is 9.44. The summed E-state index contributed by atoms with van der Waals surface area (Å²) >= 11 is 0. The summed E-state index contributed by atoms with van der Waals surface area (Å²) in [6.07, 6.45) is 3.03. The van der Waals surface area contributed by atoms with Gasteiger partial charge in [0.25, 0.3) is 0 Å². The molecule has 1 aromatic heterocycles. The number of para-hydroxylation sites is 1. The molecule has 4 heteroatoms. The van der Waals surface area contributed by atoms with Gasteiger partial charge in [0, 0.05) is 30.3 Å². The summed E-state index contributed by atoms with van der Waals surface area (Å²) in [6.45, 7) is 1.57. The number of rotatable bonds is 4. The summed E-state index contributed by atoms with van der Waals surface area (Å²) < 4.78 is 0. The average Bonchev–Trinajstić information content (AvgIpc) is 3.37. The summed E-state index contributed by atoms with van der Waals surface area (Å²) in [4.78, 5) is 18.7. The standard InChI is InChI=1S/C22H23N3O/c26-22(24-18-9-10-18)21-12-15-5-1-2-7-17(15)13-25(21)14-19-11-16-6-3-4-8-20(16)23-19/h1-8,11,18,21,23H,9-10,12-14H2,(H,24,26)/t21-/m1/s1. The maximum Gasteiger partial charge on any atom is 0.237 e. The number of H-pyrrole nitrogens is 1. The molecule has 26 heavy (non-hydrogen) atoms. The molecule has 5 rings (SSSR count). The smallest absolute Gasteiger partial charge is 0.237 e. The van der Waals surface area contributed by atoms with E-state index in [-0.39, 0.29) is 11.9 Å². The Morgan fingerprint density at radius 3 is 2.65 bits per heavy atom. The van der Waals surface area contributed by atoms with Gasteiger partial charge in [0.2, 0.25) is 5.91 Å². The fourth-order valence-corrected chi connectivity index (χ4v) is 3.96. The molecule has 0 saturated heterocycles. The Morgan fingerprint density at radius 1 is 1.08 bits per heavy atom. The highest BCUT2D eigenvalue weighted by atomic mass is 16.2. The summed E-state index contributed by atoms with van der Waals surface area (Å²) in [7, 11) is 0. The van der Waals surface area contributed by atoms with Crippen LogP contribution in [-0.4, -0.2) is 27.9 Å². The minimum absolute atomic E-state index is 0.100. The molecular weight excluding hydrogens is 322 g/mol. The third kappa shape index (κ3) is 3.01. The molecule has 0 spiro atoms. The SMILES string of the molecule is O=C(NC1CC1)[C@H]1Cc2ccccc2CN1Cc1cc2ccccc2[nH]1. The molecule has 1 aliphatic carbocycles. The number of aromatic amines is 1. The minimum Gasteiger partial charge on any atom is -0.357 e. The topological polar surface area (TPSA) is 48.1 Å². The van der Waals surface area contributed by atoms with E-state index >= 15 is 0 Å². The van der Waals surface area contributed by atoms with Crippen LogP contribution in [0.3, 0.4) is 0 Å². The van der Waals surface area contributed by atoms with Gasteiger partial charge in [0.05, 0.1) is 6.04 Å². The first kappa shape index (κ1) is 15.6. The average molecular weight is 345 g/mol. The fraction of sp³-hybridized carbons (Fsp3) is 0.318. The number of carbonyl (C=O) groups is 1. The van der Waals surface area contributed by atoms with E-state index in [0.29, 0.717) is 6.04 Å². The molecule has 2 aromatic carbocycles. The van der Waals surface area contributed by atoms with Crippen LogP contribution >= 0.6 is 0 Å². The lowest BCUT2D eigenvalue weighted by atomic mass is 9.93. The molecule has 1 atom stereocenters. The Bertz CT molecular complexity index is 924. The largest absolute Gasteiger partial charge is 0.357 e. The number of benzene rings is 2. The van der Waals surface area contributed by atoms with Crippen molar-refractivity contribution in [2.24, 2.45) is 0 Å². The second kappa shape index (κ2) is 6.29. The lowest BCUT2D eigenvalue weighted by Gasteiger charge is -2.35. The van der Waals surface area contributed by atoms with Crippen molar-refractivity contribution in [1.29, 1.82) is 0 Å². The van der Waals surface area contributed by atoms with Gasteiger partial charge in [-0.15, -0.1) is 0 Å². The van der Waals surface area contributed by atoms with Crippen molar-refractivity contribution in [1.82, 2.24) is 15.2 Å². The van der Waals surface area contributed by atoms with Crippen molar-refractivity contribution < 1.29 is 4.79 Å². The second-order valence-corrected chi connectivity index (χ2v) is 7.56. The van der Waals surface area contributed by atoms with Crippen molar-refractivity contribution >= 4 is 16.8 Å². The summed E-state index contributed by atoms with van der Waals surface area (Å²) in [5, 5.41) is 4.43. The molecule has 2 heterocycles. The van der Waals surface area contributed by atoms with Crippen molar-refractivity contribution in [3.05, 3.63) is 71.4 Å². The van der Waals surface area contributed by atoms with Crippen molar-refractivity contribution in [3.8, 4) is 0 Å². The Morgan fingerprint density at radius 2 is 1.85 bits per heavy atom. The van der Waals surface area contributed by atoms with E-state index in [9.17, 15) is 4.79 Å². The van der Waals surface area contributed by atoms with Crippen LogP contribution in [0, 0.1) is 0 Å². The number of aromatic nitrogens is 1. The predicted molar refractivity (Wildman–Crippen MR) is 103 cm³/mol. The van der Waals surface area contributed by atoms with Gasteiger partial charge in [0.1, 0.15) is 0 Å². The van der Waals surface area contributed by atoms with Gasteiger partial charge in [-0.05, 0) is 47.9 Å². The molecule has 2 aliphatic rings.